The highest BCUT2D eigenvalue weighted by Gasteiger charge is 2.48. The SMILES string of the molecule is COC(=O)c1[nH]ncc1[C@H]1O[C@H](COCc2ccccc2)[C@@H](OCc2ccccc2)[C@H]1OCc1ccccc1. The van der Waals surface area contributed by atoms with Crippen molar-refractivity contribution in [3.05, 3.63) is 125 Å². The van der Waals surface area contributed by atoms with Crippen LogP contribution in [0.2, 0.25) is 0 Å². The van der Waals surface area contributed by atoms with Gasteiger partial charge in [0.2, 0.25) is 0 Å². The molecule has 0 radical (unpaired) electrons. The fourth-order valence-corrected chi connectivity index (χ4v) is 4.67. The first-order chi connectivity index (χ1) is 19.2. The van der Waals surface area contributed by atoms with E-state index in [-0.39, 0.29) is 12.3 Å². The molecule has 0 bridgehead atoms. The lowest BCUT2D eigenvalue weighted by Crippen LogP contribution is -2.38. The normalized spacial score (nSPS) is 20.6. The van der Waals surface area contributed by atoms with E-state index in [1.165, 1.54) is 7.11 Å². The van der Waals surface area contributed by atoms with Crippen LogP contribution in [-0.2, 0) is 43.5 Å². The molecule has 1 saturated heterocycles. The van der Waals surface area contributed by atoms with Crippen molar-refractivity contribution in [2.75, 3.05) is 13.7 Å². The van der Waals surface area contributed by atoms with Crippen molar-refractivity contribution in [1.29, 1.82) is 0 Å². The number of esters is 1. The highest BCUT2D eigenvalue weighted by molar-refractivity contribution is 5.88. The Kier molecular flexibility index (Phi) is 9.13. The largest absolute Gasteiger partial charge is 0.464 e. The van der Waals surface area contributed by atoms with Gasteiger partial charge in [0, 0.05) is 5.56 Å². The number of rotatable bonds is 12. The molecule has 0 unspecified atom stereocenters. The number of aromatic nitrogens is 2. The highest BCUT2D eigenvalue weighted by atomic mass is 16.6. The van der Waals surface area contributed by atoms with Crippen LogP contribution >= 0.6 is 0 Å². The van der Waals surface area contributed by atoms with E-state index in [1.54, 1.807) is 6.20 Å². The summed E-state index contributed by atoms with van der Waals surface area (Å²) in [4.78, 5) is 12.5. The Morgan fingerprint density at radius 3 is 1.90 bits per heavy atom. The first kappa shape index (κ1) is 26.8. The number of carbonyl (C=O) groups is 1. The lowest BCUT2D eigenvalue weighted by atomic mass is 10.0. The summed E-state index contributed by atoms with van der Waals surface area (Å²) in [6.07, 6.45) is -0.524. The van der Waals surface area contributed by atoms with Crippen molar-refractivity contribution in [3.63, 3.8) is 0 Å². The number of aromatic amines is 1. The fourth-order valence-electron chi connectivity index (χ4n) is 4.67. The van der Waals surface area contributed by atoms with Crippen LogP contribution in [0.4, 0.5) is 0 Å². The van der Waals surface area contributed by atoms with E-state index in [0.29, 0.717) is 25.4 Å². The van der Waals surface area contributed by atoms with Crippen LogP contribution in [0.1, 0.15) is 38.8 Å². The quantitative estimate of drug-likeness (QED) is 0.258. The monoisotopic (exact) mass is 528 g/mol. The van der Waals surface area contributed by atoms with Gasteiger partial charge in [-0.2, -0.15) is 5.10 Å². The van der Waals surface area contributed by atoms with Crippen molar-refractivity contribution in [3.8, 4) is 0 Å². The second kappa shape index (κ2) is 13.3. The van der Waals surface area contributed by atoms with E-state index < -0.39 is 30.4 Å². The van der Waals surface area contributed by atoms with Gasteiger partial charge in [0.05, 0.1) is 39.7 Å². The summed E-state index contributed by atoms with van der Waals surface area (Å²) in [5, 5.41) is 6.85. The number of H-pyrrole nitrogens is 1. The van der Waals surface area contributed by atoms with Crippen LogP contribution in [-0.4, -0.2) is 48.2 Å². The maximum Gasteiger partial charge on any atom is 0.356 e. The number of methoxy groups -OCH3 is 1. The number of carbonyl (C=O) groups excluding carboxylic acids is 1. The third-order valence-electron chi connectivity index (χ3n) is 6.64. The van der Waals surface area contributed by atoms with E-state index in [1.807, 2.05) is 91.0 Å². The lowest BCUT2D eigenvalue weighted by molar-refractivity contribution is -0.0898. The number of ether oxygens (including phenoxy) is 5. The molecule has 1 aliphatic rings. The Morgan fingerprint density at radius 1 is 0.795 bits per heavy atom. The van der Waals surface area contributed by atoms with E-state index in [4.69, 9.17) is 23.7 Å². The van der Waals surface area contributed by atoms with Gasteiger partial charge >= 0.3 is 5.97 Å². The summed E-state index contributed by atoms with van der Waals surface area (Å²) in [6.45, 7) is 1.43. The molecular weight excluding hydrogens is 496 g/mol. The van der Waals surface area contributed by atoms with Gasteiger partial charge in [-0.25, -0.2) is 4.79 Å². The first-order valence-corrected chi connectivity index (χ1v) is 12.9. The fraction of sp³-hybridized carbons (Fsp3) is 0.290. The molecule has 5 rings (SSSR count). The average molecular weight is 529 g/mol. The van der Waals surface area contributed by atoms with E-state index >= 15 is 0 Å². The van der Waals surface area contributed by atoms with Crippen molar-refractivity contribution >= 4 is 5.97 Å². The molecule has 8 heteroatoms. The van der Waals surface area contributed by atoms with Crippen molar-refractivity contribution in [2.45, 2.75) is 44.2 Å². The molecule has 0 spiro atoms. The summed E-state index contributed by atoms with van der Waals surface area (Å²) in [5.41, 5.74) is 3.89. The minimum Gasteiger partial charge on any atom is -0.464 e. The summed E-state index contributed by atoms with van der Waals surface area (Å²) >= 11 is 0. The molecule has 1 aliphatic heterocycles. The molecule has 4 atom stereocenters. The second-order valence-corrected chi connectivity index (χ2v) is 9.31. The Hall–Kier alpha value is -3.82. The Labute approximate surface area is 227 Å². The Morgan fingerprint density at radius 2 is 1.33 bits per heavy atom. The van der Waals surface area contributed by atoms with Gasteiger partial charge in [-0.1, -0.05) is 91.0 Å². The molecular formula is C31H32N2O6. The average Bonchev–Trinajstić information content (AvgIpc) is 3.61. The third kappa shape index (κ3) is 6.79. The molecule has 0 saturated carbocycles. The van der Waals surface area contributed by atoms with Gasteiger partial charge in [0.25, 0.3) is 0 Å². The van der Waals surface area contributed by atoms with E-state index in [2.05, 4.69) is 10.2 Å². The second-order valence-electron chi connectivity index (χ2n) is 9.31. The number of nitrogens with zero attached hydrogens (tertiary/aromatic N) is 1. The smallest absolute Gasteiger partial charge is 0.356 e. The molecule has 0 amide bonds. The molecule has 0 aliphatic carbocycles. The van der Waals surface area contributed by atoms with Crippen LogP contribution < -0.4 is 0 Å². The minimum absolute atomic E-state index is 0.225. The van der Waals surface area contributed by atoms with Crippen LogP contribution in [0.25, 0.3) is 0 Å². The predicted octanol–water partition coefficient (Wildman–Crippen LogP) is 5.02. The van der Waals surface area contributed by atoms with Gasteiger partial charge in [0.1, 0.15) is 30.1 Å². The highest BCUT2D eigenvalue weighted by Crippen LogP contribution is 2.39. The molecule has 1 aromatic heterocycles. The summed E-state index contributed by atoms with van der Waals surface area (Å²) < 4.78 is 30.6. The summed E-state index contributed by atoms with van der Waals surface area (Å²) in [7, 11) is 1.33. The zero-order valence-electron chi connectivity index (χ0n) is 21.8. The van der Waals surface area contributed by atoms with E-state index in [0.717, 1.165) is 16.7 Å². The molecule has 1 fully saturated rings. The van der Waals surface area contributed by atoms with Crippen LogP contribution in [0, 0.1) is 0 Å². The first-order valence-electron chi connectivity index (χ1n) is 12.9. The molecule has 202 valence electrons. The Balaban J connectivity index is 1.41. The topological polar surface area (TPSA) is 91.9 Å². The van der Waals surface area contributed by atoms with Crippen molar-refractivity contribution in [2.24, 2.45) is 0 Å². The summed E-state index contributed by atoms with van der Waals surface area (Å²) in [6, 6.07) is 29.8. The third-order valence-corrected chi connectivity index (χ3v) is 6.64. The van der Waals surface area contributed by atoms with E-state index in [9.17, 15) is 4.79 Å². The molecule has 3 aromatic carbocycles. The van der Waals surface area contributed by atoms with Crippen LogP contribution in [0.3, 0.4) is 0 Å². The van der Waals surface area contributed by atoms with Gasteiger partial charge in [-0.3, -0.25) is 5.10 Å². The molecule has 39 heavy (non-hydrogen) atoms. The number of hydrogen-bond donors (Lipinski definition) is 1. The zero-order chi connectivity index (χ0) is 26.9. The molecule has 4 aromatic rings. The van der Waals surface area contributed by atoms with Crippen LogP contribution in [0.5, 0.6) is 0 Å². The van der Waals surface area contributed by atoms with Gasteiger partial charge in [0.15, 0.2) is 0 Å². The molecule has 1 N–H and O–H groups in total. The standard InChI is InChI=1S/C31H32N2O6/c1-35-31(34)27-25(17-32-33-27)28-30(38-20-24-15-9-4-10-16-24)29(37-19-23-13-7-3-8-14-23)26(39-28)21-36-18-22-11-5-2-6-12-22/h2-17,26,28-30H,18-21H2,1H3,(H,32,33)/t26-,28-,29-,30+/m1/s1. The summed E-state index contributed by atoms with van der Waals surface area (Å²) in [5.74, 6) is -0.529. The number of benzene rings is 3. The maximum atomic E-state index is 12.5. The zero-order valence-corrected chi connectivity index (χ0v) is 21.8. The van der Waals surface area contributed by atoms with Gasteiger partial charge < -0.3 is 23.7 Å². The van der Waals surface area contributed by atoms with Gasteiger partial charge in [-0.05, 0) is 16.7 Å². The lowest BCUT2D eigenvalue weighted by Gasteiger charge is -2.25. The van der Waals surface area contributed by atoms with Gasteiger partial charge in [-0.15, -0.1) is 0 Å². The Bertz CT molecular complexity index is 1300. The van der Waals surface area contributed by atoms with Crippen molar-refractivity contribution in [1.82, 2.24) is 10.2 Å². The van der Waals surface area contributed by atoms with Crippen molar-refractivity contribution < 1.29 is 28.5 Å². The maximum absolute atomic E-state index is 12.5. The minimum atomic E-state index is -0.632. The number of nitrogens with one attached hydrogen (secondary N) is 1. The van der Waals surface area contributed by atoms with Crippen LogP contribution in [0.15, 0.2) is 97.2 Å². The number of hydrogen-bond acceptors (Lipinski definition) is 7. The molecule has 2 heterocycles. The molecule has 8 nitrogen and oxygen atoms in total. The predicted molar refractivity (Wildman–Crippen MR) is 144 cm³/mol.